The first-order chi connectivity index (χ1) is 17.6. The fourth-order valence-electron chi connectivity index (χ4n) is 4.41. The number of piperazine rings is 1. The van der Waals surface area contributed by atoms with Crippen LogP contribution in [0.25, 0.3) is 10.8 Å². The molecule has 0 atom stereocenters. The van der Waals surface area contributed by atoms with Crippen molar-refractivity contribution in [3.63, 3.8) is 0 Å². The van der Waals surface area contributed by atoms with E-state index in [2.05, 4.69) is 54.6 Å². The van der Waals surface area contributed by atoms with Crippen LogP contribution < -0.4 is 15.1 Å². The summed E-state index contributed by atoms with van der Waals surface area (Å²) in [4.78, 5) is 31.5. The second-order valence-corrected chi connectivity index (χ2v) is 8.63. The average Bonchev–Trinajstić information content (AvgIpc) is 2.93. The summed E-state index contributed by atoms with van der Waals surface area (Å²) in [6, 6.07) is 22.0. The Hall–Kier alpha value is -4.53. The maximum Gasteiger partial charge on any atom is 0.322 e. The highest BCUT2D eigenvalue weighted by molar-refractivity contribution is 5.95. The van der Waals surface area contributed by atoms with Crippen LogP contribution in [0.5, 0.6) is 0 Å². The smallest absolute Gasteiger partial charge is 0.322 e. The molecule has 3 heterocycles. The van der Waals surface area contributed by atoms with Crippen LogP contribution in [0, 0.1) is 0 Å². The number of nitrogens with zero attached hydrogens (tertiary/aromatic N) is 5. The molecular formula is C27H26N6O3. The van der Waals surface area contributed by atoms with Crippen molar-refractivity contribution >= 4 is 34.3 Å². The number of fused-ring (bicyclic) bond motifs is 1. The second kappa shape index (κ2) is 10.4. The van der Waals surface area contributed by atoms with E-state index in [-0.39, 0.29) is 0 Å². The third kappa shape index (κ3) is 5.10. The quantitative estimate of drug-likeness (QED) is 0.414. The number of rotatable bonds is 7. The molecule has 1 saturated heterocycles. The third-order valence-electron chi connectivity index (χ3n) is 6.27. The van der Waals surface area contributed by atoms with Gasteiger partial charge < -0.3 is 20.2 Å². The average molecular weight is 483 g/mol. The molecule has 1 amide bonds. The highest BCUT2D eigenvalue weighted by Crippen LogP contribution is 2.28. The van der Waals surface area contributed by atoms with Gasteiger partial charge in [-0.2, -0.15) is 5.10 Å². The van der Waals surface area contributed by atoms with Crippen molar-refractivity contribution in [2.45, 2.75) is 6.42 Å². The first-order valence-corrected chi connectivity index (χ1v) is 11.8. The number of aromatic nitrogens is 3. The van der Waals surface area contributed by atoms with Crippen LogP contribution in [0.15, 0.2) is 72.9 Å². The summed E-state index contributed by atoms with van der Waals surface area (Å²) in [5.74, 6) is 0.121. The van der Waals surface area contributed by atoms with Gasteiger partial charge in [0.1, 0.15) is 12.4 Å². The van der Waals surface area contributed by atoms with Crippen molar-refractivity contribution in [2.75, 3.05) is 42.5 Å². The third-order valence-corrected chi connectivity index (χ3v) is 6.27. The highest BCUT2D eigenvalue weighted by Gasteiger charge is 2.22. The fourth-order valence-corrected chi connectivity index (χ4v) is 4.41. The van der Waals surface area contributed by atoms with Gasteiger partial charge in [0, 0.05) is 49.6 Å². The Balaban J connectivity index is 1.27. The minimum atomic E-state index is -1.09. The monoisotopic (exact) mass is 482 g/mol. The van der Waals surface area contributed by atoms with E-state index in [1.54, 1.807) is 12.1 Å². The van der Waals surface area contributed by atoms with Gasteiger partial charge in [-0.3, -0.25) is 9.59 Å². The molecule has 9 heteroatoms. The van der Waals surface area contributed by atoms with Crippen LogP contribution in [-0.4, -0.2) is 64.9 Å². The van der Waals surface area contributed by atoms with Gasteiger partial charge in [0.2, 0.25) is 0 Å². The minimum absolute atomic E-state index is 0.330. The predicted molar refractivity (Wildman–Crippen MR) is 137 cm³/mol. The van der Waals surface area contributed by atoms with Crippen LogP contribution in [0.1, 0.15) is 21.6 Å². The topological polar surface area (TPSA) is 112 Å². The van der Waals surface area contributed by atoms with Gasteiger partial charge in [-0.15, -0.1) is 5.10 Å². The second-order valence-electron chi connectivity index (χ2n) is 8.63. The van der Waals surface area contributed by atoms with E-state index in [1.165, 1.54) is 11.8 Å². The Bertz CT molecular complexity index is 1370. The van der Waals surface area contributed by atoms with Crippen molar-refractivity contribution in [3.8, 4) is 0 Å². The number of amides is 1. The molecule has 1 aliphatic heterocycles. The first-order valence-electron chi connectivity index (χ1n) is 11.8. The lowest BCUT2D eigenvalue weighted by Gasteiger charge is -2.36. The van der Waals surface area contributed by atoms with E-state index < -0.39 is 18.4 Å². The zero-order valence-electron chi connectivity index (χ0n) is 19.7. The summed E-state index contributed by atoms with van der Waals surface area (Å²) in [6.45, 7) is 2.60. The number of benzene rings is 2. The van der Waals surface area contributed by atoms with Crippen LogP contribution >= 0.6 is 0 Å². The fraction of sp³-hybridized carbons (Fsp3) is 0.222. The standard InChI is InChI=1S/C27H26N6O3/c34-25(35)18-29-27(36)20-10-11-24(28-17-20)32-12-14-33(15-13-32)26-22-9-5-4-8-21(22)23(30-31-26)16-19-6-2-1-3-7-19/h1-11,17H,12-16,18H2,(H,29,36)(H,34,35). The van der Waals surface area contributed by atoms with Crippen molar-refractivity contribution in [3.05, 3.63) is 89.7 Å². The van der Waals surface area contributed by atoms with Crippen LogP contribution in [-0.2, 0) is 11.2 Å². The molecule has 0 bridgehead atoms. The van der Waals surface area contributed by atoms with E-state index in [1.807, 2.05) is 30.3 Å². The Morgan fingerprint density at radius 2 is 1.53 bits per heavy atom. The Morgan fingerprint density at radius 1 is 0.833 bits per heavy atom. The molecule has 0 unspecified atom stereocenters. The molecule has 2 aromatic carbocycles. The first kappa shape index (κ1) is 23.2. The SMILES string of the molecule is O=C(O)CNC(=O)c1ccc(N2CCN(c3nnc(Cc4ccccc4)c4ccccc34)CC2)nc1. The van der Waals surface area contributed by atoms with Crippen molar-refractivity contribution < 1.29 is 14.7 Å². The van der Waals surface area contributed by atoms with Crippen molar-refractivity contribution in [1.82, 2.24) is 20.5 Å². The number of anilines is 2. The highest BCUT2D eigenvalue weighted by atomic mass is 16.4. The molecule has 9 nitrogen and oxygen atoms in total. The maximum atomic E-state index is 12.0. The Morgan fingerprint density at radius 3 is 2.22 bits per heavy atom. The lowest BCUT2D eigenvalue weighted by molar-refractivity contribution is -0.135. The zero-order valence-corrected chi connectivity index (χ0v) is 19.7. The number of carboxylic acids is 1. The number of hydrogen-bond acceptors (Lipinski definition) is 7. The molecule has 1 fully saturated rings. The van der Waals surface area contributed by atoms with Gasteiger partial charge in [-0.25, -0.2) is 4.98 Å². The van der Waals surface area contributed by atoms with Gasteiger partial charge in [0.05, 0.1) is 11.3 Å². The van der Waals surface area contributed by atoms with E-state index >= 15 is 0 Å². The molecule has 0 aliphatic carbocycles. The number of pyridine rings is 1. The molecule has 0 spiro atoms. The lowest BCUT2D eigenvalue weighted by atomic mass is 10.0. The Labute approximate surface area is 208 Å². The van der Waals surface area contributed by atoms with Crippen LogP contribution in [0.2, 0.25) is 0 Å². The van der Waals surface area contributed by atoms with Crippen LogP contribution in [0.3, 0.4) is 0 Å². The summed E-state index contributed by atoms with van der Waals surface area (Å²) >= 11 is 0. The summed E-state index contributed by atoms with van der Waals surface area (Å²) in [5, 5.41) is 22.5. The van der Waals surface area contributed by atoms with Crippen molar-refractivity contribution in [1.29, 1.82) is 0 Å². The van der Waals surface area contributed by atoms with Gasteiger partial charge in [-0.05, 0) is 17.7 Å². The van der Waals surface area contributed by atoms with E-state index in [0.717, 1.165) is 60.7 Å². The van der Waals surface area contributed by atoms with Gasteiger partial charge >= 0.3 is 5.97 Å². The number of carbonyl (C=O) groups is 2. The Kier molecular flexibility index (Phi) is 6.70. The van der Waals surface area contributed by atoms with Gasteiger partial charge in [0.15, 0.2) is 5.82 Å². The minimum Gasteiger partial charge on any atom is -0.480 e. The molecule has 0 radical (unpaired) electrons. The molecule has 182 valence electrons. The van der Waals surface area contributed by atoms with E-state index in [0.29, 0.717) is 5.56 Å². The molecule has 5 rings (SSSR count). The van der Waals surface area contributed by atoms with Gasteiger partial charge in [0.25, 0.3) is 5.91 Å². The molecule has 4 aromatic rings. The summed E-state index contributed by atoms with van der Waals surface area (Å²) in [5.41, 5.74) is 2.50. The number of aliphatic carboxylic acids is 1. The summed E-state index contributed by atoms with van der Waals surface area (Å²) in [6.07, 6.45) is 2.21. The van der Waals surface area contributed by atoms with Crippen molar-refractivity contribution in [2.24, 2.45) is 0 Å². The maximum absolute atomic E-state index is 12.0. The summed E-state index contributed by atoms with van der Waals surface area (Å²) in [7, 11) is 0. The largest absolute Gasteiger partial charge is 0.480 e. The number of nitrogens with one attached hydrogen (secondary N) is 1. The molecule has 2 N–H and O–H groups in total. The van der Waals surface area contributed by atoms with E-state index in [4.69, 9.17) is 5.11 Å². The number of carboxylic acid groups (broad SMARTS) is 1. The summed E-state index contributed by atoms with van der Waals surface area (Å²) < 4.78 is 0. The number of hydrogen-bond donors (Lipinski definition) is 2. The van der Waals surface area contributed by atoms with Gasteiger partial charge in [-0.1, -0.05) is 54.6 Å². The molecule has 0 saturated carbocycles. The normalized spacial score (nSPS) is 13.6. The molecule has 2 aromatic heterocycles. The predicted octanol–water partition coefficient (Wildman–Crippen LogP) is 2.76. The number of carbonyl (C=O) groups excluding carboxylic acids is 1. The lowest BCUT2D eigenvalue weighted by Crippen LogP contribution is -2.47. The zero-order chi connectivity index (χ0) is 24.9. The van der Waals surface area contributed by atoms with Crippen LogP contribution in [0.4, 0.5) is 11.6 Å². The molecule has 1 aliphatic rings. The molecular weight excluding hydrogens is 456 g/mol. The molecule has 36 heavy (non-hydrogen) atoms. The van der Waals surface area contributed by atoms with E-state index in [9.17, 15) is 9.59 Å².